The predicted molar refractivity (Wildman–Crippen MR) is 125 cm³/mol. The van der Waals surface area contributed by atoms with E-state index in [1.54, 1.807) is 18.2 Å². The summed E-state index contributed by atoms with van der Waals surface area (Å²) in [5.74, 6) is 0.123. The number of hydrogen-bond acceptors (Lipinski definition) is 3. The summed E-state index contributed by atoms with van der Waals surface area (Å²) in [7, 11) is 0. The highest BCUT2D eigenvalue weighted by atomic mass is 35.5. The Balaban J connectivity index is 1.64. The SMILES string of the molecule is Oc1c(Cl)cc(NCc2c(OCc3ccc(F)cc3Cl)ccc3ccccc23)cc1Cl. The molecule has 0 spiro atoms. The van der Waals surface area contributed by atoms with E-state index in [4.69, 9.17) is 39.5 Å². The Morgan fingerprint density at radius 3 is 2.35 bits per heavy atom. The van der Waals surface area contributed by atoms with Crippen molar-refractivity contribution in [1.82, 2.24) is 0 Å². The fourth-order valence-electron chi connectivity index (χ4n) is 3.29. The van der Waals surface area contributed by atoms with E-state index >= 15 is 0 Å². The minimum absolute atomic E-state index is 0.153. The van der Waals surface area contributed by atoms with Crippen molar-refractivity contribution in [3.05, 3.63) is 98.7 Å². The number of rotatable bonds is 6. The first-order valence-corrected chi connectivity index (χ1v) is 10.5. The molecule has 0 radical (unpaired) electrons. The molecule has 0 aromatic heterocycles. The van der Waals surface area contributed by atoms with E-state index in [2.05, 4.69) is 5.32 Å². The summed E-state index contributed by atoms with van der Waals surface area (Å²) in [5.41, 5.74) is 2.28. The molecule has 0 saturated carbocycles. The van der Waals surface area contributed by atoms with Gasteiger partial charge in [0.05, 0.1) is 15.1 Å². The van der Waals surface area contributed by atoms with Gasteiger partial charge in [-0.15, -0.1) is 0 Å². The minimum atomic E-state index is -0.393. The summed E-state index contributed by atoms with van der Waals surface area (Å²) in [4.78, 5) is 0. The molecule has 0 aliphatic carbocycles. The first-order chi connectivity index (χ1) is 14.9. The Morgan fingerprint density at radius 1 is 0.871 bits per heavy atom. The fourth-order valence-corrected chi connectivity index (χ4v) is 3.99. The molecule has 0 bridgehead atoms. The van der Waals surface area contributed by atoms with Crippen LogP contribution in [0, 0.1) is 5.82 Å². The van der Waals surface area contributed by atoms with Crippen LogP contribution < -0.4 is 10.1 Å². The van der Waals surface area contributed by atoms with Crippen LogP contribution in [0.25, 0.3) is 10.8 Å². The van der Waals surface area contributed by atoms with Crippen molar-refractivity contribution in [2.45, 2.75) is 13.2 Å². The van der Waals surface area contributed by atoms with Gasteiger partial charge >= 0.3 is 0 Å². The Bertz CT molecular complexity index is 1240. The molecule has 0 unspecified atom stereocenters. The van der Waals surface area contributed by atoms with E-state index in [1.807, 2.05) is 36.4 Å². The largest absolute Gasteiger partial charge is 0.505 e. The van der Waals surface area contributed by atoms with Crippen molar-refractivity contribution < 1.29 is 14.2 Å². The zero-order chi connectivity index (χ0) is 22.0. The van der Waals surface area contributed by atoms with Crippen LogP contribution in [0.3, 0.4) is 0 Å². The summed E-state index contributed by atoms with van der Waals surface area (Å²) in [6, 6.07) is 19.3. The topological polar surface area (TPSA) is 41.5 Å². The molecule has 0 saturated heterocycles. The highest BCUT2D eigenvalue weighted by molar-refractivity contribution is 6.37. The second-order valence-electron chi connectivity index (χ2n) is 6.93. The van der Waals surface area contributed by atoms with Crippen molar-refractivity contribution in [2.75, 3.05) is 5.32 Å². The van der Waals surface area contributed by atoms with Gasteiger partial charge in [-0.1, -0.05) is 71.2 Å². The average molecular weight is 477 g/mol. The standard InChI is InChI=1S/C24H17Cl3FNO2/c25-20-9-16(28)7-5-15(20)13-31-23-8-6-14-3-1-2-4-18(14)19(23)12-29-17-10-21(26)24(30)22(27)11-17/h1-11,29-30H,12-13H2. The van der Waals surface area contributed by atoms with Gasteiger partial charge in [-0.25, -0.2) is 4.39 Å². The Hall–Kier alpha value is -2.66. The molecule has 0 atom stereocenters. The number of fused-ring (bicyclic) bond motifs is 1. The fraction of sp³-hybridized carbons (Fsp3) is 0.0833. The number of anilines is 1. The van der Waals surface area contributed by atoms with Gasteiger partial charge in [0, 0.05) is 23.4 Å². The number of halogens is 4. The zero-order valence-corrected chi connectivity index (χ0v) is 18.4. The van der Waals surface area contributed by atoms with Crippen molar-refractivity contribution in [3.63, 3.8) is 0 Å². The van der Waals surface area contributed by atoms with E-state index in [0.29, 0.717) is 28.6 Å². The van der Waals surface area contributed by atoms with Crippen LogP contribution in [0.4, 0.5) is 10.1 Å². The van der Waals surface area contributed by atoms with Crippen molar-refractivity contribution in [3.8, 4) is 11.5 Å². The maximum Gasteiger partial charge on any atom is 0.152 e. The first-order valence-electron chi connectivity index (χ1n) is 9.41. The molecule has 31 heavy (non-hydrogen) atoms. The number of aromatic hydroxyl groups is 1. The van der Waals surface area contributed by atoms with Crippen LogP contribution in [-0.4, -0.2) is 5.11 Å². The predicted octanol–water partition coefficient (Wildman–Crippen LogP) is 7.84. The quantitative estimate of drug-likeness (QED) is 0.279. The van der Waals surface area contributed by atoms with Crippen molar-refractivity contribution >= 4 is 51.3 Å². The molecule has 0 aliphatic heterocycles. The van der Waals surface area contributed by atoms with Crippen LogP contribution in [-0.2, 0) is 13.2 Å². The molecule has 7 heteroatoms. The van der Waals surface area contributed by atoms with Crippen molar-refractivity contribution in [1.29, 1.82) is 0 Å². The van der Waals surface area contributed by atoms with E-state index < -0.39 is 5.82 Å². The Labute approximate surface area is 193 Å². The maximum absolute atomic E-state index is 13.3. The second kappa shape index (κ2) is 9.23. The summed E-state index contributed by atoms with van der Waals surface area (Å²) in [6.45, 7) is 0.618. The highest BCUT2D eigenvalue weighted by Crippen LogP contribution is 2.36. The lowest BCUT2D eigenvalue weighted by atomic mass is 10.0. The molecule has 0 amide bonds. The Morgan fingerprint density at radius 2 is 1.61 bits per heavy atom. The smallest absolute Gasteiger partial charge is 0.152 e. The lowest BCUT2D eigenvalue weighted by Gasteiger charge is -2.16. The summed E-state index contributed by atoms with van der Waals surface area (Å²) < 4.78 is 19.4. The van der Waals surface area contributed by atoms with Crippen LogP contribution >= 0.6 is 34.8 Å². The van der Waals surface area contributed by atoms with Crippen LogP contribution in [0.2, 0.25) is 15.1 Å². The molecular formula is C24H17Cl3FNO2. The van der Waals surface area contributed by atoms with Crippen LogP contribution in [0.1, 0.15) is 11.1 Å². The molecular weight excluding hydrogens is 460 g/mol. The van der Waals surface area contributed by atoms with Gasteiger partial charge in [0.15, 0.2) is 5.75 Å². The lowest BCUT2D eigenvalue weighted by molar-refractivity contribution is 0.304. The first kappa shape index (κ1) is 21.6. The van der Waals surface area contributed by atoms with E-state index in [1.165, 1.54) is 12.1 Å². The lowest BCUT2D eigenvalue weighted by Crippen LogP contribution is -2.05. The molecule has 4 aromatic rings. The van der Waals surface area contributed by atoms with E-state index in [9.17, 15) is 9.50 Å². The van der Waals surface area contributed by atoms with Crippen molar-refractivity contribution in [2.24, 2.45) is 0 Å². The third kappa shape index (κ3) is 4.82. The van der Waals surface area contributed by atoms with Crippen LogP contribution in [0.15, 0.2) is 66.7 Å². The number of hydrogen-bond donors (Lipinski definition) is 2. The zero-order valence-electron chi connectivity index (χ0n) is 16.1. The van der Waals surface area contributed by atoms with Gasteiger partial charge in [-0.2, -0.15) is 0 Å². The third-order valence-electron chi connectivity index (χ3n) is 4.88. The molecule has 0 heterocycles. The van der Waals surface area contributed by atoms with Gasteiger partial charge < -0.3 is 15.2 Å². The van der Waals surface area contributed by atoms with E-state index in [0.717, 1.165) is 16.3 Å². The molecule has 0 fully saturated rings. The van der Waals surface area contributed by atoms with Gasteiger partial charge in [0.1, 0.15) is 18.2 Å². The van der Waals surface area contributed by atoms with Gasteiger partial charge in [0.2, 0.25) is 0 Å². The average Bonchev–Trinajstić information content (AvgIpc) is 2.75. The van der Waals surface area contributed by atoms with E-state index in [-0.39, 0.29) is 22.4 Å². The number of benzene rings is 4. The number of phenols is 1. The molecule has 0 aliphatic rings. The second-order valence-corrected chi connectivity index (χ2v) is 8.15. The van der Waals surface area contributed by atoms with Crippen LogP contribution in [0.5, 0.6) is 11.5 Å². The molecule has 158 valence electrons. The minimum Gasteiger partial charge on any atom is -0.505 e. The molecule has 3 nitrogen and oxygen atoms in total. The normalized spacial score (nSPS) is 11.0. The highest BCUT2D eigenvalue weighted by Gasteiger charge is 2.12. The summed E-state index contributed by atoms with van der Waals surface area (Å²) >= 11 is 18.2. The number of nitrogens with one attached hydrogen (secondary N) is 1. The third-order valence-corrected chi connectivity index (χ3v) is 5.81. The van der Waals surface area contributed by atoms with Gasteiger partial charge in [-0.3, -0.25) is 0 Å². The number of ether oxygens (including phenoxy) is 1. The monoisotopic (exact) mass is 475 g/mol. The molecule has 4 rings (SSSR count). The summed E-state index contributed by atoms with van der Waals surface area (Å²) in [6.07, 6.45) is 0. The molecule has 2 N–H and O–H groups in total. The van der Waals surface area contributed by atoms with Gasteiger partial charge in [0.25, 0.3) is 0 Å². The molecule has 4 aromatic carbocycles. The Kier molecular flexibility index (Phi) is 6.42. The maximum atomic E-state index is 13.3. The number of phenolic OH excluding ortho intramolecular Hbond substituents is 1. The summed E-state index contributed by atoms with van der Waals surface area (Å²) in [5, 5.41) is 15.8. The van der Waals surface area contributed by atoms with Gasteiger partial charge in [-0.05, 0) is 41.1 Å².